The number of para-hydroxylation sites is 1. The summed E-state index contributed by atoms with van der Waals surface area (Å²) in [4.78, 5) is 3.93. The predicted octanol–water partition coefficient (Wildman–Crippen LogP) is 5.16. The molecule has 0 aliphatic carbocycles. The van der Waals surface area contributed by atoms with E-state index >= 15 is 0 Å². The Balaban J connectivity index is 2.10. The molecular formula is C19H16F4N2O. The van der Waals surface area contributed by atoms with Gasteiger partial charge in [0.15, 0.2) is 0 Å². The molecule has 0 saturated heterocycles. The summed E-state index contributed by atoms with van der Waals surface area (Å²) in [5.41, 5.74) is 0.125. The lowest BCUT2D eigenvalue weighted by atomic mass is 10.1. The summed E-state index contributed by atoms with van der Waals surface area (Å²) >= 11 is 0. The molecule has 0 aliphatic rings. The Kier molecular flexibility index (Phi) is 4.97. The Morgan fingerprint density at radius 1 is 1.04 bits per heavy atom. The van der Waals surface area contributed by atoms with Gasteiger partial charge in [-0.3, -0.25) is 0 Å². The fraction of sp³-hybridized carbons (Fsp3) is 0.211. The van der Waals surface area contributed by atoms with E-state index in [0.29, 0.717) is 23.5 Å². The molecule has 1 heterocycles. The molecule has 0 amide bonds. The van der Waals surface area contributed by atoms with E-state index in [0.717, 1.165) is 10.8 Å². The van der Waals surface area contributed by atoms with Crippen LogP contribution in [0, 0.1) is 5.82 Å². The van der Waals surface area contributed by atoms with Gasteiger partial charge in [-0.15, -0.1) is 0 Å². The SMILES string of the molecule is CCOc1ccccc1Cn1c(C(F)(F)F)cnc1-c1ccc(F)cc1. The Hall–Kier alpha value is -2.83. The van der Waals surface area contributed by atoms with Crippen molar-refractivity contribution in [2.45, 2.75) is 19.6 Å². The van der Waals surface area contributed by atoms with E-state index < -0.39 is 17.7 Å². The fourth-order valence-electron chi connectivity index (χ4n) is 2.69. The molecule has 0 fully saturated rings. The maximum atomic E-state index is 13.4. The topological polar surface area (TPSA) is 27.1 Å². The molecule has 26 heavy (non-hydrogen) atoms. The van der Waals surface area contributed by atoms with Crippen molar-refractivity contribution >= 4 is 0 Å². The van der Waals surface area contributed by atoms with Crippen molar-refractivity contribution in [1.82, 2.24) is 9.55 Å². The minimum atomic E-state index is -4.56. The number of halogens is 4. The number of nitrogens with zero attached hydrogens (tertiary/aromatic N) is 2. The lowest BCUT2D eigenvalue weighted by Gasteiger charge is -2.16. The molecule has 0 aliphatic heterocycles. The van der Waals surface area contributed by atoms with Crippen LogP contribution in [0.5, 0.6) is 5.75 Å². The number of hydrogen-bond donors (Lipinski definition) is 0. The molecule has 0 N–H and O–H groups in total. The zero-order chi connectivity index (χ0) is 18.7. The Morgan fingerprint density at radius 3 is 2.38 bits per heavy atom. The molecule has 0 atom stereocenters. The largest absolute Gasteiger partial charge is 0.494 e. The van der Waals surface area contributed by atoms with E-state index in [9.17, 15) is 17.6 Å². The first-order valence-corrected chi connectivity index (χ1v) is 7.99. The summed E-state index contributed by atoms with van der Waals surface area (Å²) in [7, 11) is 0. The van der Waals surface area contributed by atoms with Crippen molar-refractivity contribution in [3.63, 3.8) is 0 Å². The highest BCUT2D eigenvalue weighted by atomic mass is 19.4. The van der Waals surface area contributed by atoms with Crippen LogP contribution in [0.2, 0.25) is 0 Å². The number of imidazole rings is 1. The lowest BCUT2D eigenvalue weighted by molar-refractivity contribution is -0.143. The van der Waals surface area contributed by atoms with Gasteiger partial charge in [0.05, 0.1) is 19.3 Å². The summed E-state index contributed by atoms with van der Waals surface area (Å²) in [5.74, 6) is 0.162. The van der Waals surface area contributed by atoms with Crippen molar-refractivity contribution in [2.75, 3.05) is 6.61 Å². The van der Waals surface area contributed by atoms with Gasteiger partial charge in [0.2, 0.25) is 0 Å². The highest BCUT2D eigenvalue weighted by Crippen LogP contribution is 2.34. The second kappa shape index (κ2) is 7.19. The van der Waals surface area contributed by atoms with Gasteiger partial charge in [0.25, 0.3) is 0 Å². The molecule has 1 aromatic heterocycles. The van der Waals surface area contributed by atoms with Crippen molar-refractivity contribution in [2.24, 2.45) is 0 Å². The third kappa shape index (κ3) is 3.71. The molecule has 0 spiro atoms. The first-order valence-electron chi connectivity index (χ1n) is 7.99. The van der Waals surface area contributed by atoms with Crippen molar-refractivity contribution in [3.05, 3.63) is 71.8 Å². The highest BCUT2D eigenvalue weighted by Gasteiger charge is 2.36. The smallest absolute Gasteiger partial charge is 0.433 e. The van der Waals surface area contributed by atoms with E-state index in [1.165, 1.54) is 24.3 Å². The molecule has 3 rings (SSSR count). The number of hydrogen-bond acceptors (Lipinski definition) is 2. The molecule has 2 aromatic carbocycles. The van der Waals surface area contributed by atoms with Crippen LogP contribution in [0.1, 0.15) is 18.2 Å². The summed E-state index contributed by atoms with van der Waals surface area (Å²) in [6.45, 7) is 2.13. The monoisotopic (exact) mass is 364 g/mol. The highest BCUT2D eigenvalue weighted by molar-refractivity contribution is 5.56. The summed E-state index contributed by atoms with van der Waals surface area (Å²) in [6.07, 6.45) is -3.77. The van der Waals surface area contributed by atoms with Crippen molar-refractivity contribution < 1.29 is 22.3 Å². The molecule has 0 bridgehead atoms. The summed E-state index contributed by atoms with van der Waals surface area (Å²) < 4.78 is 60.1. The number of benzene rings is 2. The van der Waals surface area contributed by atoms with E-state index in [-0.39, 0.29) is 12.4 Å². The molecule has 0 radical (unpaired) electrons. The second-order valence-corrected chi connectivity index (χ2v) is 5.60. The van der Waals surface area contributed by atoms with Crippen LogP contribution in [0.4, 0.5) is 17.6 Å². The molecule has 7 heteroatoms. The number of rotatable bonds is 5. The first-order chi connectivity index (χ1) is 12.4. The fourth-order valence-corrected chi connectivity index (χ4v) is 2.69. The van der Waals surface area contributed by atoms with Gasteiger partial charge in [-0.25, -0.2) is 9.37 Å². The second-order valence-electron chi connectivity index (χ2n) is 5.60. The number of aromatic nitrogens is 2. The first kappa shape index (κ1) is 18.0. The van der Waals surface area contributed by atoms with Crippen LogP contribution >= 0.6 is 0 Å². The number of alkyl halides is 3. The van der Waals surface area contributed by atoms with Gasteiger partial charge >= 0.3 is 6.18 Å². The van der Waals surface area contributed by atoms with Crippen LogP contribution < -0.4 is 4.74 Å². The zero-order valence-corrected chi connectivity index (χ0v) is 13.9. The van der Waals surface area contributed by atoms with Gasteiger partial charge in [-0.05, 0) is 37.3 Å². The molecule has 3 aromatic rings. The van der Waals surface area contributed by atoms with E-state index in [1.54, 1.807) is 31.2 Å². The number of ether oxygens (including phenoxy) is 1. The predicted molar refractivity (Wildman–Crippen MR) is 89.3 cm³/mol. The normalized spacial score (nSPS) is 11.6. The third-order valence-electron chi connectivity index (χ3n) is 3.85. The molecular weight excluding hydrogens is 348 g/mol. The lowest BCUT2D eigenvalue weighted by Crippen LogP contribution is -2.15. The zero-order valence-electron chi connectivity index (χ0n) is 13.9. The van der Waals surface area contributed by atoms with Crippen LogP contribution in [0.3, 0.4) is 0 Å². The van der Waals surface area contributed by atoms with E-state index in [1.807, 2.05) is 0 Å². The Bertz CT molecular complexity index is 885. The van der Waals surface area contributed by atoms with Gasteiger partial charge in [0.1, 0.15) is 23.1 Å². The standard InChI is InChI=1S/C19H16F4N2O/c1-2-26-16-6-4-3-5-14(16)12-25-17(19(21,22)23)11-24-18(25)13-7-9-15(20)10-8-13/h3-11H,2,12H2,1H3. The average molecular weight is 364 g/mol. The van der Waals surface area contributed by atoms with E-state index in [2.05, 4.69) is 4.98 Å². The maximum absolute atomic E-state index is 13.4. The van der Waals surface area contributed by atoms with Crippen LogP contribution in [0.25, 0.3) is 11.4 Å². The van der Waals surface area contributed by atoms with Crippen molar-refractivity contribution in [1.29, 1.82) is 0 Å². The van der Waals surface area contributed by atoms with E-state index in [4.69, 9.17) is 4.74 Å². The average Bonchev–Trinajstić information content (AvgIpc) is 3.01. The van der Waals surface area contributed by atoms with Gasteiger partial charge in [-0.2, -0.15) is 13.2 Å². The quantitative estimate of drug-likeness (QED) is 0.585. The van der Waals surface area contributed by atoms with Crippen LogP contribution in [-0.2, 0) is 12.7 Å². The molecule has 0 saturated carbocycles. The molecule has 3 nitrogen and oxygen atoms in total. The maximum Gasteiger partial charge on any atom is 0.433 e. The van der Waals surface area contributed by atoms with Crippen LogP contribution in [-0.4, -0.2) is 16.2 Å². The molecule has 0 unspecified atom stereocenters. The third-order valence-corrected chi connectivity index (χ3v) is 3.85. The van der Waals surface area contributed by atoms with Gasteiger partial charge in [-0.1, -0.05) is 18.2 Å². The van der Waals surface area contributed by atoms with Crippen molar-refractivity contribution in [3.8, 4) is 17.1 Å². The summed E-state index contributed by atoms with van der Waals surface area (Å²) in [5, 5.41) is 0. The minimum Gasteiger partial charge on any atom is -0.494 e. The Labute approximate surface area is 147 Å². The van der Waals surface area contributed by atoms with Gasteiger partial charge in [0, 0.05) is 11.1 Å². The Morgan fingerprint density at radius 2 is 1.73 bits per heavy atom. The van der Waals surface area contributed by atoms with Gasteiger partial charge < -0.3 is 9.30 Å². The summed E-state index contributed by atoms with van der Waals surface area (Å²) in [6, 6.07) is 12.1. The molecule has 136 valence electrons. The van der Waals surface area contributed by atoms with Crippen LogP contribution in [0.15, 0.2) is 54.7 Å². The minimum absolute atomic E-state index is 0.0717.